The van der Waals surface area contributed by atoms with Crippen LogP contribution in [0.3, 0.4) is 0 Å². The number of rotatable bonds is 6. The van der Waals surface area contributed by atoms with E-state index >= 15 is 0 Å². The third kappa shape index (κ3) is 3.66. The number of benzene rings is 1. The van der Waals surface area contributed by atoms with Gasteiger partial charge in [0.15, 0.2) is 0 Å². The van der Waals surface area contributed by atoms with E-state index in [4.69, 9.17) is 0 Å². The zero-order valence-electron chi connectivity index (χ0n) is 16.2. The molecular weight excluding hydrogens is 374 g/mol. The van der Waals surface area contributed by atoms with E-state index in [-0.39, 0.29) is 18.3 Å². The van der Waals surface area contributed by atoms with Crippen LogP contribution in [-0.4, -0.2) is 40.3 Å². The summed E-state index contributed by atoms with van der Waals surface area (Å²) < 4.78 is 1.84. The van der Waals surface area contributed by atoms with Gasteiger partial charge in [0, 0.05) is 36.0 Å². The van der Waals surface area contributed by atoms with Gasteiger partial charge in [-0.25, -0.2) is 0 Å². The Balaban J connectivity index is 0.00000225. The fraction of sp³-hybridized carbons (Fsp3) is 0.429. The van der Waals surface area contributed by atoms with Gasteiger partial charge in [-0.3, -0.25) is 9.48 Å². The highest BCUT2D eigenvalue weighted by Gasteiger charge is 2.41. The Morgan fingerprint density at radius 3 is 2.79 bits per heavy atom. The van der Waals surface area contributed by atoms with Crippen LogP contribution in [0.5, 0.6) is 0 Å². The van der Waals surface area contributed by atoms with E-state index in [0.29, 0.717) is 6.54 Å². The standard InChI is InChI=1S/C21H27N5O.ClH/c1-2-16-5-3-6-18-17(15-24-19(16)18)7-11-23-20(27)21(8-12-22-13-9-21)26-14-4-10-25-26;/h3-6,10,14-15,22,24H,2,7-9,11-13H2,1H3,(H,23,27);1H. The van der Waals surface area contributed by atoms with Crippen LogP contribution in [0.25, 0.3) is 10.9 Å². The first-order chi connectivity index (χ1) is 13.2. The number of piperidine rings is 1. The molecule has 1 saturated heterocycles. The first kappa shape index (κ1) is 20.4. The molecule has 0 spiro atoms. The molecule has 0 bridgehead atoms. The van der Waals surface area contributed by atoms with E-state index in [2.05, 4.69) is 52.0 Å². The van der Waals surface area contributed by atoms with Gasteiger partial charge in [0.25, 0.3) is 0 Å². The number of halogens is 1. The second kappa shape index (κ2) is 8.80. The van der Waals surface area contributed by atoms with Crippen LogP contribution in [0.1, 0.15) is 30.9 Å². The van der Waals surface area contributed by atoms with Crippen LogP contribution in [0, 0.1) is 0 Å². The number of aromatic amines is 1. The molecule has 1 aliphatic heterocycles. The average molecular weight is 402 g/mol. The summed E-state index contributed by atoms with van der Waals surface area (Å²) in [6, 6.07) is 8.31. The number of carbonyl (C=O) groups excluding carboxylic acids is 1. The van der Waals surface area contributed by atoms with Crippen molar-refractivity contribution in [2.45, 2.75) is 38.1 Å². The van der Waals surface area contributed by atoms with Crippen molar-refractivity contribution >= 4 is 29.2 Å². The highest BCUT2D eigenvalue weighted by molar-refractivity contribution is 5.87. The van der Waals surface area contributed by atoms with Crippen LogP contribution in [0.4, 0.5) is 0 Å². The smallest absolute Gasteiger partial charge is 0.248 e. The van der Waals surface area contributed by atoms with Crippen molar-refractivity contribution in [2.75, 3.05) is 19.6 Å². The lowest BCUT2D eigenvalue weighted by Crippen LogP contribution is -2.54. The second-order valence-electron chi connectivity index (χ2n) is 7.25. The molecule has 0 aliphatic carbocycles. The number of H-pyrrole nitrogens is 1. The molecule has 1 fully saturated rings. The Kier molecular flexibility index (Phi) is 6.42. The highest BCUT2D eigenvalue weighted by atomic mass is 35.5. The number of hydrogen-bond acceptors (Lipinski definition) is 3. The molecular formula is C21H28ClN5O. The Morgan fingerprint density at radius 2 is 2.07 bits per heavy atom. The second-order valence-corrected chi connectivity index (χ2v) is 7.25. The number of aryl methyl sites for hydroxylation is 1. The Morgan fingerprint density at radius 1 is 1.25 bits per heavy atom. The minimum atomic E-state index is -0.579. The quantitative estimate of drug-likeness (QED) is 0.594. The van der Waals surface area contributed by atoms with Gasteiger partial charge in [0.05, 0.1) is 0 Å². The van der Waals surface area contributed by atoms with Gasteiger partial charge in [0.1, 0.15) is 5.54 Å². The molecule has 3 heterocycles. The zero-order chi connectivity index (χ0) is 18.7. The summed E-state index contributed by atoms with van der Waals surface area (Å²) in [5, 5.41) is 12.1. The number of nitrogens with zero attached hydrogens (tertiary/aromatic N) is 2. The molecule has 0 unspecified atom stereocenters. The molecule has 2 aromatic heterocycles. The first-order valence-corrected chi connectivity index (χ1v) is 9.81. The van der Waals surface area contributed by atoms with Crippen molar-refractivity contribution < 1.29 is 4.79 Å². The molecule has 3 N–H and O–H groups in total. The number of amides is 1. The van der Waals surface area contributed by atoms with Crippen molar-refractivity contribution in [3.8, 4) is 0 Å². The summed E-state index contributed by atoms with van der Waals surface area (Å²) in [5.41, 5.74) is 3.21. The Hall–Kier alpha value is -2.31. The zero-order valence-corrected chi connectivity index (χ0v) is 17.0. The van der Waals surface area contributed by atoms with Gasteiger partial charge in [-0.2, -0.15) is 5.10 Å². The Labute approximate surface area is 171 Å². The molecule has 1 aliphatic rings. The normalized spacial score (nSPS) is 15.9. The molecule has 0 radical (unpaired) electrons. The highest BCUT2D eigenvalue weighted by Crippen LogP contribution is 2.27. The summed E-state index contributed by atoms with van der Waals surface area (Å²) in [5.74, 6) is 0.0711. The summed E-state index contributed by atoms with van der Waals surface area (Å²) in [7, 11) is 0. The topological polar surface area (TPSA) is 74.7 Å². The molecule has 3 aromatic rings. The predicted octanol–water partition coefficient (Wildman–Crippen LogP) is 2.79. The van der Waals surface area contributed by atoms with E-state index in [1.807, 2.05) is 16.9 Å². The number of aromatic nitrogens is 3. The average Bonchev–Trinajstić information content (AvgIpc) is 3.39. The van der Waals surface area contributed by atoms with Gasteiger partial charge in [-0.05, 0) is 56.0 Å². The third-order valence-corrected chi connectivity index (χ3v) is 5.74. The van der Waals surface area contributed by atoms with Gasteiger partial charge in [-0.1, -0.05) is 25.1 Å². The van der Waals surface area contributed by atoms with Gasteiger partial charge in [0.2, 0.25) is 5.91 Å². The van der Waals surface area contributed by atoms with Crippen LogP contribution in [-0.2, 0) is 23.2 Å². The number of para-hydroxylation sites is 1. The molecule has 0 atom stereocenters. The van der Waals surface area contributed by atoms with E-state index in [9.17, 15) is 4.79 Å². The maximum absolute atomic E-state index is 13.1. The summed E-state index contributed by atoms with van der Waals surface area (Å²) in [4.78, 5) is 16.5. The summed E-state index contributed by atoms with van der Waals surface area (Å²) in [6.45, 7) is 4.45. The fourth-order valence-corrected chi connectivity index (χ4v) is 4.17. The largest absolute Gasteiger partial charge is 0.361 e. The van der Waals surface area contributed by atoms with Gasteiger partial charge < -0.3 is 15.6 Å². The minimum Gasteiger partial charge on any atom is -0.361 e. The molecule has 7 heteroatoms. The maximum atomic E-state index is 13.1. The molecule has 1 amide bonds. The lowest BCUT2D eigenvalue weighted by molar-refractivity contribution is -0.131. The van der Waals surface area contributed by atoms with E-state index < -0.39 is 5.54 Å². The first-order valence-electron chi connectivity index (χ1n) is 9.81. The van der Waals surface area contributed by atoms with Crippen molar-refractivity contribution in [3.05, 3.63) is 54.0 Å². The summed E-state index contributed by atoms with van der Waals surface area (Å²) >= 11 is 0. The molecule has 28 heavy (non-hydrogen) atoms. The third-order valence-electron chi connectivity index (χ3n) is 5.74. The van der Waals surface area contributed by atoms with Crippen molar-refractivity contribution in [1.29, 1.82) is 0 Å². The van der Waals surface area contributed by atoms with Gasteiger partial charge >= 0.3 is 0 Å². The van der Waals surface area contributed by atoms with Gasteiger partial charge in [-0.15, -0.1) is 12.4 Å². The monoisotopic (exact) mass is 401 g/mol. The Bertz CT molecular complexity index is 912. The van der Waals surface area contributed by atoms with Crippen LogP contribution in [0.15, 0.2) is 42.9 Å². The lowest BCUT2D eigenvalue weighted by Gasteiger charge is -2.36. The minimum absolute atomic E-state index is 0. The number of nitrogens with one attached hydrogen (secondary N) is 3. The van der Waals surface area contributed by atoms with Crippen LogP contribution >= 0.6 is 12.4 Å². The van der Waals surface area contributed by atoms with Crippen molar-refractivity contribution in [3.63, 3.8) is 0 Å². The number of hydrogen-bond donors (Lipinski definition) is 3. The fourth-order valence-electron chi connectivity index (χ4n) is 4.17. The SMILES string of the molecule is CCc1cccc2c(CCNC(=O)C3(n4cccn4)CCNCC3)c[nH]c12.Cl. The molecule has 4 rings (SSSR count). The predicted molar refractivity (Wildman–Crippen MR) is 114 cm³/mol. The molecule has 6 nitrogen and oxygen atoms in total. The summed E-state index contributed by atoms with van der Waals surface area (Å²) in [6.07, 6.45) is 9.05. The molecule has 1 aromatic carbocycles. The van der Waals surface area contributed by atoms with Crippen LogP contribution in [0.2, 0.25) is 0 Å². The molecule has 0 saturated carbocycles. The maximum Gasteiger partial charge on any atom is 0.248 e. The van der Waals surface area contributed by atoms with Crippen LogP contribution < -0.4 is 10.6 Å². The number of carbonyl (C=O) groups is 1. The van der Waals surface area contributed by atoms with E-state index in [0.717, 1.165) is 38.8 Å². The van der Waals surface area contributed by atoms with E-state index in [1.165, 1.54) is 22.0 Å². The van der Waals surface area contributed by atoms with E-state index in [1.54, 1.807) is 6.20 Å². The van der Waals surface area contributed by atoms with Crippen molar-refractivity contribution in [2.24, 2.45) is 0 Å². The number of fused-ring (bicyclic) bond motifs is 1. The lowest BCUT2D eigenvalue weighted by atomic mass is 9.87. The van der Waals surface area contributed by atoms with Crippen molar-refractivity contribution in [1.82, 2.24) is 25.4 Å². The molecule has 150 valence electrons.